The minimum atomic E-state index is -0.832. The second-order valence-corrected chi connectivity index (χ2v) is 5.79. The SMILES string of the molecule is CC(=O)N1CCCC(C(=O)NC2CCCC2C(=O)O)C1. The van der Waals surface area contributed by atoms with Crippen molar-refractivity contribution >= 4 is 17.8 Å². The highest BCUT2D eigenvalue weighted by atomic mass is 16.4. The van der Waals surface area contributed by atoms with Crippen molar-refractivity contribution in [3.8, 4) is 0 Å². The number of hydrogen-bond acceptors (Lipinski definition) is 3. The summed E-state index contributed by atoms with van der Waals surface area (Å²) in [5, 5.41) is 12.0. The predicted molar refractivity (Wildman–Crippen MR) is 71.9 cm³/mol. The Morgan fingerprint density at radius 2 is 1.90 bits per heavy atom. The smallest absolute Gasteiger partial charge is 0.308 e. The number of carbonyl (C=O) groups excluding carboxylic acids is 2. The van der Waals surface area contributed by atoms with Crippen LogP contribution in [0.4, 0.5) is 0 Å². The van der Waals surface area contributed by atoms with Crippen LogP contribution in [0.3, 0.4) is 0 Å². The van der Waals surface area contributed by atoms with Gasteiger partial charge in [0, 0.05) is 26.1 Å². The molecule has 0 aromatic rings. The fourth-order valence-corrected chi connectivity index (χ4v) is 3.21. The van der Waals surface area contributed by atoms with Crippen molar-refractivity contribution in [3.05, 3.63) is 0 Å². The predicted octanol–water partition coefficient (Wildman–Crippen LogP) is 0.614. The molecule has 0 aromatic carbocycles. The van der Waals surface area contributed by atoms with Gasteiger partial charge < -0.3 is 15.3 Å². The van der Waals surface area contributed by atoms with Crippen LogP contribution >= 0.6 is 0 Å². The zero-order valence-corrected chi connectivity index (χ0v) is 11.8. The Balaban J connectivity index is 1.91. The van der Waals surface area contributed by atoms with Gasteiger partial charge in [0.1, 0.15) is 0 Å². The number of nitrogens with zero attached hydrogens (tertiary/aromatic N) is 1. The van der Waals surface area contributed by atoms with Crippen LogP contribution in [0.1, 0.15) is 39.0 Å². The van der Waals surface area contributed by atoms with Gasteiger partial charge in [-0.25, -0.2) is 0 Å². The van der Waals surface area contributed by atoms with Crippen LogP contribution in [0.25, 0.3) is 0 Å². The second kappa shape index (κ2) is 6.24. The van der Waals surface area contributed by atoms with Crippen LogP contribution in [0.2, 0.25) is 0 Å². The topological polar surface area (TPSA) is 86.7 Å². The van der Waals surface area contributed by atoms with Gasteiger partial charge in [0.15, 0.2) is 0 Å². The largest absolute Gasteiger partial charge is 0.481 e. The number of hydrogen-bond donors (Lipinski definition) is 2. The van der Waals surface area contributed by atoms with Crippen molar-refractivity contribution in [2.24, 2.45) is 11.8 Å². The lowest BCUT2D eigenvalue weighted by molar-refractivity contribution is -0.142. The van der Waals surface area contributed by atoms with Gasteiger partial charge in [-0.1, -0.05) is 6.42 Å². The molecule has 2 fully saturated rings. The first-order valence-electron chi connectivity index (χ1n) is 7.27. The van der Waals surface area contributed by atoms with Gasteiger partial charge in [-0.05, 0) is 25.7 Å². The molecule has 0 spiro atoms. The zero-order valence-electron chi connectivity index (χ0n) is 11.8. The maximum absolute atomic E-state index is 12.2. The molecule has 6 nitrogen and oxygen atoms in total. The normalized spacial score (nSPS) is 30.1. The van der Waals surface area contributed by atoms with E-state index in [1.165, 1.54) is 6.92 Å². The van der Waals surface area contributed by atoms with E-state index in [0.717, 1.165) is 25.7 Å². The van der Waals surface area contributed by atoms with E-state index >= 15 is 0 Å². The molecule has 2 rings (SSSR count). The summed E-state index contributed by atoms with van der Waals surface area (Å²) in [5.74, 6) is -1.61. The molecule has 1 aliphatic heterocycles. The third kappa shape index (κ3) is 3.29. The van der Waals surface area contributed by atoms with Crippen LogP contribution in [0.15, 0.2) is 0 Å². The van der Waals surface area contributed by atoms with E-state index in [2.05, 4.69) is 5.32 Å². The quantitative estimate of drug-likeness (QED) is 0.794. The fourth-order valence-electron chi connectivity index (χ4n) is 3.21. The van der Waals surface area contributed by atoms with Crippen molar-refractivity contribution < 1.29 is 19.5 Å². The number of carbonyl (C=O) groups is 3. The molecule has 1 heterocycles. The Morgan fingerprint density at radius 3 is 2.55 bits per heavy atom. The van der Waals surface area contributed by atoms with Crippen LogP contribution in [-0.4, -0.2) is 46.9 Å². The number of piperidine rings is 1. The first-order chi connectivity index (χ1) is 9.49. The average molecular weight is 282 g/mol. The molecule has 0 aromatic heterocycles. The zero-order chi connectivity index (χ0) is 14.7. The average Bonchev–Trinajstić information content (AvgIpc) is 2.87. The first kappa shape index (κ1) is 14.8. The number of amides is 2. The summed E-state index contributed by atoms with van der Waals surface area (Å²) in [6.07, 6.45) is 3.79. The third-order valence-corrected chi connectivity index (χ3v) is 4.40. The Kier molecular flexibility index (Phi) is 4.62. The van der Waals surface area contributed by atoms with E-state index in [1.807, 2.05) is 0 Å². The number of rotatable bonds is 3. The second-order valence-electron chi connectivity index (χ2n) is 5.79. The molecule has 6 heteroatoms. The number of carboxylic acid groups (broad SMARTS) is 1. The Labute approximate surface area is 118 Å². The van der Waals surface area contributed by atoms with Crippen molar-refractivity contribution in [2.45, 2.75) is 45.1 Å². The van der Waals surface area contributed by atoms with Gasteiger partial charge in [-0.2, -0.15) is 0 Å². The number of likely N-dealkylation sites (tertiary alicyclic amines) is 1. The lowest BCUT2D eigenvalue weighted by Gasteiger charge is -2.32. The van der Waals surface area contributed by atoms with Gasteiger partial charge >= 0.3 is 5.97 Å². The highest BCUT2D eigenvalue weighted by Gasteiger charge is 2.36. The van der Waals surface area contributed by atoms with E-state index in [-0.39, 0.29) is 23.8 Å². The summed E-state index contributed by atoms with van der Waals surface area (Å²) in [4.78, 5) is 36.4. The van der Waals surface area contributed by atoms with Crippen molar-refractivity contribution in [1.82, 2.24) is 10.2 Å². The lowest BCUT2D eigenvalue weighted by Crippen LogP contribution is -2.48. The molecule has 2 aliphatic rings. The van der Waals surface area contributed by atoms with E-state index in [0.29, 0.717) is 19.5 Å². The van der Waals surface area contributed by atoms with Gasteiger partial charge in [-0.15, -0.1) is 0 Å². The van der Waals surface area contributed by atoms with Gasteiger partial charge in [0.2, 0.25) is 11.8 Å². The van der Waals surface area contributed by atoms with E-state index in [9.17, 15) is 14.4 Å². The van der Waals surface area contributed by atoms with Gasteiger partial charge in [0.25, 0.3) is 0 Å². The number of nitrogens with one attached hydrogen (secondary N) is 1. The molecule has 1 aliphatic carbocycles. The standard InChI is InChI=1S/C14H22N2O4/c1-9(17)16-7-3-4-10(8-16)13(18)15-12-6-2-5-11(12)14(19)20/h10-12H,2-8H2,1H3,(H,15,18)(H,19,20). The van der Waals surface area contributed by atoms with Gasteiger partial charge in [-0.3, -0.25) is 14.4 Å². The maximum atomic E-state index is 12.2. The number of carboxylic acids is 1. The highest BCUT2D eigenvalue weighted by Crippen LogP contribution is 2.26. The Morgan fingerprint density at radius 1 is 1.15 bits per heavy atom. The summed E-state index contributed by atoms with van der Waals surface area (Å²) in [7, 11) is 0. The van der Waals surface area contributed by atoms with E-state index in [1.54, 1.807) is 4.90 Å². The summed E-state index contributed by atoms with van der Waals surface area (Å²) >= 11 is 0. The van der Waals surface area contributed by atoms with Crippen LogP contribution in [0, 0.1) is 11.8 Å². The van der Waals surface area contributed by atoms with E-state index < -0.39 is 11.9 Å². The molecule has 2 N–H and O–H groups in total. The molecule has 1 saturated carbocycles. The molecule has 1 saturated heterocycles. The summed E-state index contributed by atoms with van der Waals surface area (Å²) in [5.41, 5.74) is 0. The molecule has 3 atom stereocenters. The molecular weight excluding hydrogens is 260 g/mol. The third-order valence-electron chi connectivity index (χ3n) is 4.40. The van der Waals surface area contributed by atoms with Crippen LogP contribution in [-0.2, 0) is 14.4 Å². The van der Waals surface area contributed by atoms with Crippen LogP contribution in [0.5, 0.6) is 0 Å². The first-order valence-corrected chi connectivity index (χ1v) is 7.27. The maximum Gasteiger partial charge on any atom is 0.308 e. The monoisotopic (exact) mass is 282 g/mol. The molecule has 112 valence electrons. The molecule has 3 unspecified atom stereocenters. The number of aliphatic carboxylic acids is 1. The minimum Gasteiger partial charge on any atom is -0.481 e. The Hall–Kier alpha value is -1.59. The minimum absolute atomic E-state index is 0.00761. The summed E-state index contributed by atoms with van der Waals surface area (Å²) < 4.78 is 0. The summed E-state index contributed by atoms with van der Waals surface area (Å²) in [6, 6.07) is -0.257. The highest BCUT2D eigenvalue weighted by molar-refractivity contribution is 5.82. The van der Waals surface area contributed by atoms with Crippen molar-refractivity contribution in [3.63, 3.8) is 0 Å². The Bertz CT molecular complexity index is 410. The molecular formula is C14H22N2O4. The molecule has 0 bridgehead atoms. The van der Waals surface area contributed by atoms with Crippen molar-refractivity contribution in [2.75, 3.05) is 13.1 Å². The van der Waals surface area contributed by atoms with Crippen LogP contribution < -0.4 is 5.32 Å². The lowest BCUT2D eigenvalue weighted by atomic mass is 9.95. The van der Waals surface area contributed by atoms with E-state index in [4.69, 9.17) is 5.11 Å². The fraction of sp³-hybridized carbons (Fsp3) is 0.786. The molecule has 20 heavy (non-hydrogen) atoms. The molecule has 2 amide bonds. The van der Waals surface area contributed by atoms with Gasteiger partial charge in [0.05, 0.1) is 11.8 Å². The summed E-state index contributed by atoms with van der Waals surface area (Å²) in [6.45, 7) is 2.67. The van der Waals surface area contributed by atoms with Crippen molar-refractivity contribution in [1.29, 1.82) is 0 Å². The molecule has 0 radical (unpaired) electrons.